The summed E-state index contributed by atoms with van der Waals surface area (Å²) in [6.45, 7) is 2.06. The van der Waals surface area contributed by atoms with Crippen LogP contribution in [0, 0.1) is 0 Å². The van der Waals surface area contributed by atoms with Gasteiger partial charge in [0, 0.05) is 19.0 Å². The van der Waals surface area contributed by atoms with E-state index in [4.69, 9.17) is 5.11 Å². The van der Waals surface area contributed by atoms with Crippen molar-refractivity contribution >= 4 is 11.6 Å². The van der Waals surface area contributed by atoms with E-state index in [9.17, 15) is 4.79 Å². The highest BCUT2D eigenvalue weighted by atomic mass is 16.3. The van der Waals surface area contributed by atoms with Crippen LogP contribution in [0.1, 0.15) is 58.4 Å². The van der Waals surface area contributed by atoms with Gasteiger partial charge < -0.3 is 10.4 Å². The van der Waals surface area contributed by atoms with Gasteiger partial charge in [-0.2, -0.15) is 5.10 Å². The molecule has 1 atom stereocenters. The van der Waals surface area contributed by atoms with Gasteiger partial charge >= 0.3 is 0 Å². The molecule has 6 heteroatoms. The van der Waals surface area contributed by atoms with Gasteiger partial charge in [-0.25, -0.2) is 9.50 Å². The molecule has 1 amide bonds. The summed E-state index contributed by atoms with van der Waals surface area (Å²) >= 11 is 0. The predicted octanol–water partition coefficient (Wildman–Crippen LogP) is 2.63. The number of aliphatic hydroxyl groups excluding tert-OH is 1. The number of aryl methyl sites for hydroxylation is 2. The van der Waals surface area contributed by atoms with Gasteiger partial charge in [0.2, 0.25) is 0 Å². The Labute approximate surface area is 158 Å². The lowest BCUT2D eigenvalue weighted by molar-refractivity contribution is 0.0941. The van der Waals surface area contributed by atoms with E-state index in [1.807, 2.05) is 6.92 Å². The van der Waals surface area contributed by atoms with Gasteiger partial charge in [0.05, 0.1) is 12.2 Å². The standard InChI is InChI=1S/C21H24N4O2/c1-14(17-7-6-16-4-2-3-5-18(16)10-17)24-21(27)19-12-23-25-13-15(8-9-26)11-22-20(19)25/h6-7,10-14,26H,2-5,8-9H2,1H3,(H,24,27)/t14-/m0/s1. The minimum Gasteiger partial charge on any atom is -0.396 e. The van der Waals surface area contributed by atoms with Crippen LogP contribution < -0.4 is 5.32 Å². The molecule has 1 aromatic carbocycles. The third-order valence-electron chi connectivity index (χ3n) is 5.28. The van der Waals surface area contributed by atoms with Gasteiger partial charge in [0.25, 0.3) is 5.91 Å². The highest BCUT2D eigenvalue weighted by Gasteiger charge is 2.18. The number of carbonyl (C=O) groups excluding carboxylic acids is 1. The number of benzene rings is 1. The molecule has 1 aliphatic rings. The second-order valence-corrected chi connectivity index (χ2v) is 7.19. The fourth-order valence-corrected chi connectivity index (χ4v) is 3.71. The Kier molecular flexibility index (Phi) is 4.90. The van der Waals surface area contributed by atoms with Gasteiger partial charge in [-0.3, -0.25) is 4.79 Å². The van der Waals surface area contributed by atoms with E-state index in [0.29, 0.717) is 17.6 Å². The van der Waals surface area contributed by atoms with Crippen molar-refractivity contribution in [3.05, 3.63) is 64.6 Å². The minimum atomic E-state index is -0.183. The maximum Gasteiger partial charge on any atom is 0.257 e. The van der Waals surface area contributed by atoms with Gasteiger partial charge in [0.1, 0.15) is 5.56 Å². The van der Waals surface area contributed by atoms with Crippen molar-refractivity contribution in [3.8, 4) is 0 Å². The monoisotopic (exact) mass is 364 g/mol. The van der Waals surface area contributed by atoms with E-state index >= 15 is 0 Å². The highest BCUT2D eigenvalue weighted by Crippen LogP contribution is 2.25. The van der Waals surface area contributed by atoms with Crippen LogP contribution in [0.2, 0.25) is 0 Å². The third-order valence-corrected chi connectivity index (χ3v) is 5.28. The maximum absolute atomic E-state index is 12.8. The first-order valence-electron chi connectivity index (χ1n) is 9.51. The Balaban J connectivity index is 1.52. The molecular formula is C21H24N4O2. The van der Waals surface area contributed by atoms with E-state index in [-0.39, 0.29) is 18.6 Å². The summed E-state index contributed by atoms with van der Waals surface area (Å²) < 4.78 is 1.59. The van der Waals surface area contributed by atoms with Crippen molar-refractivity contribution < 1.29 is 9.90 Å². The molecule has 4 rings (SSSR count). The summed E-state index contributed by atoms with van der Waals surface area (Å²) in [5.74, 6) is -0.183. The number of hydrogen-bond acceptors (Lipinski definition) is 4. The summed E-state index contributed by atoms with van der Waals surface area (Å²) in [6.07, 6.45) is 10.3. The molecule has 0 fully saturated rings. The lowest BCUT2D eigenvalue weighted by atomic mass is 9.89. The summed E-state index contributed by atoms with van der Waals surface area (Å²) in [5, 5.41) is 16.3. The number of aromatic nitrogens is 3. The quantitative estimate of drug-likeness (QED) is 0.729. The van der Waals surface area contributed by atoms with Crippen molar-refractivity contribution in [3.63, 3.8) is 0 Å². The molecule has 0 spiro atoms. The largest absolute Gasteiger partial charge is 0.396 e. The number of carbonyl (C=O) groups is 1. The fourth-order valence-electron chi connectivity index (χ4n) is 3.71. The van der Waals surface area contributed by atoms with E-state index in [1.54, 1.807) is 23.1 Å². The number of hydrogen-bond donors (Lipinski definition) is 2. The lowest BCUT2D eigenvalue weighted by Crippen LogP contribution is -2.27. The van der Waals surface area contributed by atoms with Gasteiger partial charge in [-0.1, -0.05) is 18.2 Å². The SMILES string of the molecule is C[C@H](NC(=O)c1cnn2cc(CCO)cnc12)c1ccc2c(c1)CCCC2. The number of fused-ring (bicyclic) bond motifs is 2. The van der Waals surface area contributed by atoms with Crippen LogP contribution in [0.3, 0.4) is 0 Å². The predicted molar refractivity (Wildman–Crippen MR) is 103 cm³/mol. The molecular weight excluding hydrogens is 340 g/mol. The van der Waals surface area contributed by atoms with Crippen LogP contribution in [0.5, 0.6) is 0 Å². The van der Waals surface area contributed by atoms with Gasteiger partial charge in [-0.05, 0) is 61.3 Å². The number of amides is 1. The highest BCUT2D eigenvalue weighted by molar-refractivity contribution is 5.99. The Morgan fingerprint density at radius 1 is 1.26 bits per heavy atom. The van der Waals surface area contributed by atoms with Crippen molar-refractivity contribution in [2.24, 2.45) is 0 Å². The average molecular weight is 364 g/mol. The zero-order valence-corrected chi connectivity index (χ0v) is 15.5. The number of nitrogens with one attached hydrogen (secondary N) is 1. The lowest BCUT2D eigenvalue weighted by Gasteiger charge is -2.20. The molecule has 3 aromatic rings. The number of aliphatic hydroxyl groups is 1. The molecule has 140 valence electrons. The maximum atomic E-state index is 12.8. The van der Waals surface area contributed by atoms with E-state index < -0.39 is 0 Å². The molecule has 0 saturated carbocycles. The average Bonchev–Trinajstić information content (AvgIpc) is 3.11. The zero-order chi connectivity index (χ0) is 18.8. The van der Waals surface area contributed by atoms with Gasteiger partial charge in [-0.15, -0.1) is 0 Å². The topological polar surface area (TPSA) is 79.5 Å². The molecule has 27 heavy (non-hydrogen) atoms. The van der Waals surface area contributed by atoms with Gasteiger partial charge in [0.15, 0.2) is 5.65 Å². The molecule has 0 radical (unpaired) electrons. The van der Waals surface area contributed by atoms with Crippen molar-refractivity contribution in [2.75, 3.05) is 6.61 Å². The van der Waals surface area contributed by atoms with E-state index in [1.165, 1.54) is 24.0 Å². The Morgan fingerprint density at radius 3 is 2.89 bits per heavy atom. The Hall–Kier alpha value is -2.73. The van der Waals surface area contributed by atoms with Crippen LogP contribution in [-0.4, -0.2) is 32.2 Å². The summed E-state index contributed by atoms with van der Waals surface area (Å²) in [4.78, 5) is 17.1. The summed E-state index contributed by atoms with van der Waals surface area (Å²) in [5.41, 5.74) is 5.83. The first kappa shape index (κ1) is 17.7. The van der Waals surface area contributed by atoms with Crippen LogP contribution >= 0.6 is 0 Å². The smallest absolute Gasteiger partial charge is 0.257 e. The molecule has 0 saturated heterocycles. The minimum absolute atomic E-state index is 0.0556. The third kappa shape index (κ3) is 3.57. The van der Waals surface area contributed by atoms with E-state index in [2.05, 4.69) is 33.6 Å². The van der Waals surface area contributed by atoms with Crippen LogP contribution in [0.4, 0.5) is 0 Å². The molecule has 2 N–H and O–H groups in total. The normalized spacial score (nSPS) is 14.7. The molecule has 0 aliphatic heterocycles. The summed E-state index contributed by atoms with van der Waals surface area (Å²) in [6, 6.07) is 6.46. The zero-order valence-electron chi connectivity index (χ0n) is 15.5. The Bertz CT molecular complexity index is 979. The van der Waals surface area contributed by atoms with Crippen LogP contribution in [0.25, 0.3) is 5.65 Å². The second kappa shape index (κ2) is 7.48. The summed E-state index contributed by atoms with van der Waals surface area (Å²) in [7, 11) is 0. The molecule has 2 heterocycles. The second-order valence-electron chi connectivity index (χ2n) is 7.19. The molecule has 6 nitrogen and oxygen atoms in total. The molecule has 0 unspecified atom stereocenters. The van der Waals surface area contributed by atoms with Crippen LogP contribution in [-0.2, 0) is 19.3 Å². The van der Waals surface area contributed by atoms with Crippen molar-refractivity contribution in [2.45, 2.75) is 45.1 Å². The van der Waals surface area contributed by atoms with Crippen LogP contribution in [0.15, 0.2) is 36.8 Å². The first-order chi connectivity index (χ1) is 13.2. The number of nitrogens with zero attached hydrogens (tertiary/aromatic N) is 3. The van der Waals surface area contributed by atoms with Crippen molar-refractivity contribution in [1.82, 2.24) is 19.9 Å². The van der Waals surface area contributed by atoms with E-state index in [0.717, 1.165) is 24.0 Å². The first-order valence-corrected chi connectivity index (χ1v) is 9.51. The fraction of sp³-hybridized carbons (Fsp3) is 0.381. The molecule has 0 bridgehead atoms. The number of rotatable bonds is 5. The molecule has 1 aliphatic carbocycles. The molecule has 2 aromatic heterocycles. The van der Waals surface area contributed by atoms with Crippen molar-refractivity contribution in [1.29, 1.82) is 0 Å². The Morgan fingerprint density at radius 2 is 2.07 bits per heavy atom.